The van der Waals surface area contributed by atoms with E-state index in [4.69, 9.17) is 5.11 Å². The highest BCUT2D eigenvalue weighted by Crippen LogP contribution is 2.47. The Morgan fingerprint density at radius 3 is 2.71 bits per heavy atom. The third-order valence-corrected chi connectivity index (χ3v) is 3.90. The van der Waals surface area contributed by atoms with Crippen LogP contribution < -0.4 is 11.2 Å². The van der Waals surface area contributed by atoms with E-state index in [-0.39, 0.29) is 12.0 Å². The van der Waals surface area contributed by atoms with E-state index in [9.17, 15) is 23.5 Å². The first-order chi connectivity index (χ1) is 9.82. The zero-order valence-corrected chi connectivity index (χ0v) is 12.3. The van der Waals surface area contributed by atoms with Gasteiger partial charge in [0, 0.05) is 12.6 Å². The lowest BCUT2D eigenvalue weighted by atomic mass is 10.0. The summed E-state index contributed by atoms with van der Waals surface area (Å²) in [5.74, 6) is -5.11. The van der Waals surface area contributed by atoms with Gasteiger partial charge >= 0.3 is 5.69 Å². The van der Waals surface area contributed by atoms with Gasteiger partial charge in [0.25, 0.3) is 11.5 Å². The molecule has 1 aromatic heterocycles. The fraction of sp³-hybridized carbons (Fsp3) is 0.500. The van der Waals surface area contributed by atoms with Crippen molar-refractivity contribution in [3.8, 4) is 0 Å². The minimum Gasteiger partial charge on any atom is -0.396 e. The first-order valence-electron chi connectivity index (χ1n) is 6.11. The maximum absolute atomic E-state index is 14.2. The summed E-state index contributed by atoms with van der Waals surface area (Å²) in [6, 6.07) is -1.63. The molecule has 1 fully saturated rings. The molecular formula is C12H13BrF2N2O4. The molecule has 0 unspecified atom stereocenters. The Morgan fingerprint density at radius 2 is 2.19 bits per heavy atom. The smallest absolute Gasteiger partial charge is 0.328 e. The summed E-state index contributed by atoms with van der Waals surface area (Å²) in [7, 11) is 0. The predicted molar refractivity (Wildman–Crippen MR) is 74.5 cm³/mol. The van der Waals surface area contributed by atoms with Crippen molar-refractivity contribution in [1.82, 2.24) is 9.55 Å². The van der Waals surface area contributed by atoms with Crippen LogP contribution in [0.25, 0.3) is 6.08 Å². The number of aromatic amines is 1. The molecule has 0 aliphatic heterocycles. The third-order valence-electron chi connectivity index (χ3n) is 3.64. The highest BCUT2D eigenvalue weighted by atomic mass is 79.9. The summed E-state index contributed by atoms with van der Waals surface area (Å²) in [6.45, 7) is -0.892. The molecule has 0 bridgehead atoms. The van der Waals surface area contributed by atoms with E-state index in [0.29, 0.717) is 4.57 Å². The number of nitrogens with one attached hydrogen (secondary N) is 1. The molecule has 1 aromatic rings. The van der Waals surface area contributed by atoms with Crippen molar-refractivity contribution in [2.75, 3.05) is 6.61 Å². The average Bonchev–Trinajstić information content (AvgIpc) is 2.62. The van der Waals surface area contributed by atoms with E-state index in [1.165, 1.54) is 11.1 Å². The van der Waals surface area contributed by atoms with Gasteiger partial charge in [0.1, 0.15) is 6.04 Å². The van der Waals surface area contributed by atoms with Crippen LogP contribution >= 0.6 is 15.9 Å². The van der Waals surface area contributed by atoms with Crippen LogP contribution in [-0.4, -0.2) is 38.4 Å². The second-order valence-corrected chi connectivity index (χ2v) is 5.35. The number of aliphatic hydroxyl groups excluding tert-OH is 2. The molecule has 3 N–H and O–H groups in total. The second kappa shape index (κ2) is 5.82. The zero-order chi connectivity index (χ0) is 15.8. The molecule has 1 saturated carbocycles. The monoisotopic (exact) mass is 366 g/mol. The number of rotatable bonds is 3. The molecule has 2 rings (SSSR count). The number of hydrogen-bond acceptors (Lipinski definition) is 4. The Labute approximate surface area is 125 Å². The van der Waals surface area contributed by atoms with Crippen LogP contribution in [0.4, 0.5) is 8.78 Å². The van der Waals surface area contributed by atoms with E-state index < -0.39 is 41.8 Å². The van der Waals surface area contributed by atoms with Crippen molar-refractivity contribution in [3.63, 3.8) is 0 Å². The number of aromatic nitrogens is 2. The van der Waals surface area contributed by atoms with Crippen molar-refractivity contribution in [3.05, 3.63) is 37.6 Å². The molecule has 1 heterocycles. The summed E-state index contributed by atoms with van der Waals surface area (Å²) >= 11 is 2.96. The number of alkyl halides is 2. The summed E-state index contributed by atoms with van der Waals surface area (Å²) in [6.07, 6.45) is 0.511. The summed E-state index contributed by atoms with van der Waals surface area (Å²) in [4.78, 5) is 26.6. The fourth-order valence-electron chi connectivity index (χ4n) is 2.52. The molecule has 3 atom stereocenters. The van der Waals surface area contributed by atoms with E-state index in [1.54, 1.807) is 0 Å². The molecule has 9 heteroatoms. The minimum atomic E-state index is -3.47. The first kappa shape index (κ1) is 16.1. The molecule has 0 amide bonds. The Balaban J connectivity index is 2.55. The molecule has 6 nitrogen and oxygen atoms in total. The molecule has 116 valence electrons. The van der Waals surface area contributed by atoms with E-state index in [0.717, 1.165) is 6.20 Å². The second-order valence-electron chi connectivity index (χ2n) is 4.83. The topological polar surface area (TPSA) is 95.3 Å². The number of H-pyrrole nitrogens is 1. The Morgan fingerprint density at radius 1 is 1.52 bits per heavy atom. The van der Waals surface area contributed by atoms with Crippen molar-refractivity contribution in [2.24, 2.45) is 5.92 Å². The van der Waals surface area contributed by atoms with E-state index >= 15 is 0 Å². The van der Waals surface area contributed by atoms with Gasteiger partial charge < -0.3 is 10.2 Å². The Bertz CT molecular complexity index is 670. The third kappa shape index (κ3) is 2.72. The van der Waals surface area contributed by atoms with Crippen LogP contribution in [0.5, 0.6) is 0 Å². The largest absolute Gasteiger partial charge is 0.396 e. The Hall–Kier alpha value is -1.32. The predicted octanol–water partition coefficient (Wildman–Crippen LogP) is 0.452. The van der Waals surface area contributed by atoms with Gasteiger partial charge in [0.2, 0.25) is 0 Å². The fourth-order valence-corrected chi connectivity index (χ4v) is 2.80. The molecule has 1 aliphatic rings. The number of nitrogens with zero attached hydrogens (tertiary/aromatic N) is 1. The summed E-state index contributed by atoms with van der Waals surface area (Å²) < 4.78 is 29.1. The normalized spacial score (nSPS) is 28.3. The van der Waals surface area contributed by atoms with Crippen LogP contribution in [0.1, 0.15) is 18.0 Å². The standard InChI is InChI=1S/C12H13BrF2N2O4/c13-2-1-6-4-17(11(21)16-10(6)20)9-3-8(19)7(5-18)12(9,14)15/h1-2,4,7-9,18-19H,3,5H2,(H,16,20,21)/b2-1+/t7-,8+,9+/m0/s1. The molecule has 0 radical (unpaired) electrons. The van der Waals surface area contributed by atoms with Gasteiger partial charge in [-0.3, -0.25) is 14.3 Å². The van der Waals surface area contributed by atoms with E-state index in [2.05, 4.69) is 15.9 Å². The van der Waals surface area contributed by atoms with Gasteiger partial charge in [-0.05, 0) is 11.1 Å². The van der Waals surface area contributed by atoms with Crippen molar-refractivity contribution in [1.29, 1.82) is 0 Å². The molecule has 0 saturated heterocycles. The first-order valence-corrected chi connectivity index (χ1v) is 7.03. The quantitative estimate of drug-likeness (QED) is 0.723. The van der Waals surface area contributed by atoms with Crippen LogP contribution in [0, 0.1) is 5.92 Å². The molecule has 0 spiro atoms. The molecular weight excluding hydrogens is 354 g/mol. The highest BCUT2D eigenvalue weighted by molar-refractivity contribution is 9.11. The van der Waals surface area contributed by atoms with Gasteiger partial charge in [0.05, 0.1) is 24.2 Å². The van der Waals surface area contributed by atoms with Crippen LogP contribution in [0.3, 0.4) is 0 Å². The minimum absolute atomic E-state index is 0.0178. The lowest BCUT2D eigenvalue weighted by Gasteiger charge is -2.25. The van der Waals surface area contributed by atoms with Crippen molar-refractivity contribution in [2.45, 2.75) is 24.5 Å². The zero-order valence-electron chi connectivity index (χ0n) is 10.7. The summed E-state index contributed by atoms with van der Waals surface area (Å²) in [5, 5.41) is 18.6. The SMILES string of the molecule is O=c1[nH]c(=O)n([C@@H]2C[C@@H](O)[C@H](CO)C2(F)F)cc1/C=C/Br. The molecule has 0 aromatic carbocycles. The van der Waals surface area contributed by atoms with Gasteiger partial charge in [-0.2, -0.15) is 0 Å². The number of hydrogen-bond donors (Lipinski definition) is 3. The molecule has 1 aliphatic carbocycles. The van der Waals surface area contributed by atoms with Crippen LogP contribution in [0.2, 0.25) is 0 Å². The van der Waals surface area contributed by atoms with Gasteiger partial charge in [-0.25, -0.2) is 13.6 Å². The van der Waals surface area contributed by atoms with Crippen LogP contribution in [0.15, 0.2) is 20.8 Å². The lowest BCUT2D eigenvalue weighted by Crippen LogP contribution is -2.41. The van der Waals surface area contributed by atoms with Gasteiger partial charge in [-0.1, -0.05) is 15.9 Å². The van der Waals surface area contributed by atoms with E-state index in [1.807, 2.05) is 4.98 Å². The van der Waals surface area contributed by atoms with Gasteiger partial charge in [0.15, 0.2) is 0 Å². The molecule has 21 heavy (non-hydrogen) atoms. The maximum atomic E-state index is 14.2. The average molecular weight is 367 g/mol. The van der Waals surface area contributed by atoms with Crippen molar-refractivity contribution < 1.29 is 19.0 Å². The van der Waals surface area contributed by atoms with Gasteiger partial charge in [-0.15, -0.1) is 0 Å². The van der Waals surface area contributed by atoms with Crippen molar-refractivity contribution >= 4 is 22.0 Å². The maximum Gasteiger partial charge on any atom is 0.328 e. The summed E-state index contributed by atoms with van der Waals surface area (Å²) in [5.41, 5.74) is -1.67. The highest BCUT2D eigenvalue weighted by Gasteiger charge is 2.57. The number of aliphatic hydroxyl groups is 2. The Kier molecular flexibility index (Phi) is 4.45. The lowest BCUT2D eigenvalue weighted by molar-refractivity contribution is -0.101. The van der Waals surface area contributed by atoms with Crippen LogP contribution in [-0.2, 0) is 0 Å². The number of halogens is 3.